The van der Waals surface area contributed by atoms with Crippen LogP contribution in [-0.4, -0.2) is 19.5 Å². The molecule has 6 rings (SSSR count). The third-order valence-electron chi connectivity index (χ3n) is 6.12. The molecule has 4 heteroatoms. The quantitative estimate of drug-likeness (QED) is 0.383. The number of alkyl halides is 1. The lowest BCUT2D eigenvalue weighted by molar-refractivity contribution is 0.121. The highest BCUT2D eigenvalue weighted by molar-refractivity contribution is 9.09. The molecule has 3 nitrogen and oxygen atoms in total. The van der Waals surface area contributed by atoms with Crippen molar-refractivity contribution in [3.05, 3.63) is 108 Å². The fourth-order valence-electron chi connectivity index (χ4n) is 4.80. The molecule has 1 N–H and O–H groups in total. The summed E-state index contributed by atoms with van der Waals surface area (Å²) >= 11 is 3.85. The van der Waals surface area contributed by atoms with Gasteiger partial charge < -0.3 is 5.11 Å². The molecule has 0 bridgehead atoms. The van der Waals surface area contributed by atoms with Crippen LogP contribution in [0.2, 0.25) is 0 Å². The van der Waals surface area contributed by atoms with E-state index in [2.05, 4.69) is 56.9 Å². The fraction of sp³-hybridized carbons (Fsp3) is 0.115. The predicted octanol–water partition coefficient (Wildman–Crippen LogP) is 5.89. The highest BCUT2D eigenvalue weighted by Gasteiger charge is 2.50. The van der Waals surface area contributed by atoms with Crippen LogP contribution in [0, 0.1) is 0 Å². The largest absolute Gasteiger partial charge is 0.373 e. The van der Waals surface area contributed by atoms with Crippen LogP contribution < -0.4 is 0 Å². The summed E-state index contributed by atoms with van der Waals surface area (Å²) < 4.78 is 2.15. The zero-order valence-electron chi connectivity index (χ0n) is 16.2. The van der Waals surface area contributed by atoms with E-state index in [0.29, 0.717) is 5.82 Å². The van der Waals surface area contributed by atoms with Crippen molar-refractivity contribution < 1.29 is 5.11 Å². The summed E-state index contributed by atoms with van der Waals surface area (Å²) in [6.45, 7) is 0. The summed E-state index contributed by atoms with van der Waals surface area (Å²) in [4.78, 5) is 5.05. The van der Waals surface area contributed by atoms with Crippen LogP contribution in [0.15, 0.2) is 96.6 Å². The second-order valence-corrected chi connectivity index (χ2v) is 8.89. The van der Waals surface area contributed by atoms with E-state index in [-0.39, 0.29) is 4.83 Å². The average Bonchev–Trinajstić information content (AvgIpc) is 3.30. The molecule has 0 amide bonds. The standard InChI is InChI=1S/C26H19BrN2O/c27-21-14-8-13-20-24(21)29-23-16-7-6-15-22(23)28-25(29)26(20,30)19-12-5-4-11-18(19)17-9-2-1-3-10-17/h1-13,15-16,21,30H,14H2. The number of rotatable bonds is 2. The zero-order chi connectivity index (χ0) is 20.3. The third kappa shape index (κ3) is 2.32. The molecule has 0 fully saturated rings. The van der Waals surface area contributed by atoms with E-state index in [4.69, 9.17) is 4.98 Å². The lowest BCUT2D eigenvalue weighted by atomic mass is 9.80. The zero-order valence-corrected chi connectivity index (χ0v) is 17.8. The maximum Gasteiger partial charge on any atom is 0.175 e. The molecule has 2 heterocycles. The smallest absolute Gasteiger partial charge is 0.175 e. The first-order chi connectivity index (χ1) is 14.7. The van der Waals surface area contributed by atoms with Gasteiger partial charge >= 0.3 is 0 Å². The van der Waals surface area contributed by atoms with Crippen LogP contribution >= 0.6 is 15.9 Å². The number of hydrogen-bond acceptors (Lipinski definition) is 2. The highest BCUT2D eigenvalue weighted by atomic mass is 79.9. The minimum absolute atomic E-state index is 0.117. The van der Waals surface area contributed by atoms with E-state index in [1.54, 1.807) is 0 Å². The Bertz CT molecular complexity index is 1350. The Hall–Kier alpha value is -2.95. The monoisotopic (exact) mass is 454 g/mol. The highest BCUT2D eigenvalue weighted by Crippen LogP contribution is 2.52. The topological polar surface area (TPSA) is 38.0 Å². The summed E-state index contributed by atoms with van der Waals surface area (Å²) in [5.74, 6) is 0.660. The van der Waals surface area contributed by atoms with Gasteiger partial charge in [-0.2, -0.15) is 0 Å². The first-order valence-electron chi connectivity index (χ1n) is 10.1. The molecule has 2 aliphatic rings. The molecular weight excluding hydrogens is 436 g/mol. The maximum atomic E-state index is 12.5. The van der Waals surface area contributed by atoms with Gasteiger partial charge in [0.1, 0.15) is 0 Å². The number of aromatic nitrogens is 2. The molecule has 146 valence electrons. The van der Waals surface area contributed by atoms with Gasteiger partial charge in [-0.1, -0.05) is 94.8 Å². The molecule has 4 aromatic rings. The number of aliphatic hydroxyl groups is 1. The summed E-state index contributed by atoms with van der Waals surface area (Å²) in [5, 5.41) is 12.5. The number of hydrogen-bond donors (Lipinski definition) is 1. The lowest BCUT2D eigenvalue weighted by Gasteiger charge is -2.28. The van der Waals surface area contributed by atoms with Gasteiger partial charge in [-0.05, 0) is 29.7 Å². The van der Waals surface area contributed by atoms with Crippen LogP contribution in [0.5, 0.6) is 0 Å². The molecule has 0 spiro atoms. The molecule has 0 saturated carbocycles. The van der Waals surface area contributed by atoms with Gasteiger partial charge in [-0.25, -0.2) is 4.98 Å². The van der Waals surface area contributed by atoms with Gasteiger partial charge in [0.15, 0.2) is 11.4 Å². The van der Waals surface area contributed by atoms with E-state index in [1.807, 2.05) is 54.6 Å². The van der Waals surface area contributed by atoms with Crippen molar-refractivity contribution in [2.45, 2.75) is 16.8 Å². The number of allylic oxidation sites excluding steroid dienone is 2. The number of benzene rings is 3. The molecule has 1 aliphatic carbocycles. The van der Waals surface area contributed by atoms with Crippen LogP contribution in [0.4, 0.5) is 0 Å². The van der Waals surface area contributed by atoms with Crippen molar-refractivity contribution >= 4 is 32.7 Å². The van der Waals surface area contributed by atoms with E-state index in [1.165, 1.54) is 0 Å². The van der Waals surface area contributed by atoms with Gasteiger partial charge in [-0.3, -0.25) is 4.57 Å². The number of fused-ring (bicyclic) bond motifs is 4. The minimum atomic E-state index is -1.33. The van der Waals surface area contributed by atoms with Crippen molar-refractivity contribution in [3.8, 4) is 11.1 Å². The van der Waals surface area contributed by atoms with Crippen molar-refractivity contribution in [1.29, 1.82) is 0 Å². The third-order valence-corrected chi connectivity index (χ3v) is 6.92. The Morgan fingerprint density at radius 3 is 2.53 bits per heavy atom. The Kier molecular flexibility index (Phi) is 3.89. The van der Waals surface area contributed by atoms with E-state index < -0.39 is 5.60 Å². The molecule has 1 aliphatic heterocycles. The van der Waals surface area contributed by atoms with Crippen molar-refractivity contribution in [2.24, 2.45) is 0 Å². The summed E-state index contributed by atoms with van der Waals surface area (Å²) in [7, 11) is 0. The molecular formula is C26H19BrN2O. The van der Waals surface area contributed by atoms with Gasteiger partial charge in [-0.15, -0.1) is 0 Å². The van der Waals surface area contributed by atoms with Crippen LogP contribution in [-0.2, 0) is 5.60 Å². The number of halogens is 1. The average molecular weight is 455 g/mol. The molecule has 0 radical (unpaired) electrons. The Morgan fingerprint density at radius 1 is 0.933 bits per heavy atom. The second kappa shape index (κ2) is 6.53. The first-order valence-corrected chi connectivity index (χ1v) is 11.0. The Morgan fingerprint density at radius 2 is 1.67 bits per heavy atom. The van der Waals surface area contributed by atoms with Crippen LogP contribution in [0.3, 0.4) is 0 Å². The van der Waals surface area contributed by atoms with Crippen molar-refractivity contribution in [3.63, 3.8) is 0 Å². The number of imidazole rings is 1. The van der Waals surface area contributed by atoms with Gasteiger partial charge in [0.05, 0.1) is 15.9 Å². The normalized spacial score (nSPS) is 22.4. The molecule has 2 unspecified atom stereocenters. The summed E-state index contributed by atoms with van der Waals surface area (Å²) in [5.41, 5.74) is 5.50. The lowest BCUT2D eigenvalue weighted by Crippen LogP contribution is -2.29. The molecule has 2 atom stereocenters. The molecule has 1 aromatic heterocycles. The van der Waals surface area contributed by atoms with Crippen molar-refractivity contribution in [1.82, 2.24) is 9.55 Å². The second-order valence-electron chi connectivity index (χ2n) is 7.79. The summed E-state index contributed by atoms with van der Waals surface area (Å²) in [6, 6.07) is 26.4. The Labute approximate surface area is 183 Å². The first kappa shape index (κ1) is 17.9. The molecule has 30 heavy (non-hydrogen) atoms. The van der Waals surface area contributed by atoms with Crippen molar-refractivity contribution in [2.75, 3.05) is 0 Å². The van der Waals surface area contributed by atoms with Crippen LogP contribution in [0.1, 0.15) is 17.8 Å². The molecule has 0 saturated heterocycles. The number of para-hydroxylation sites is 2. The minimum Gasteiger partial charge on any atom is -0.373 e. The van der Waals surface area contributed by atoms with Gasteiger partial charge in [0, 0.05) is 16.8 Å². The van der Waals surface area contributed by atoms with E-state index >= 15 is 0 Å². The van der Waals surface area contributed by atoms with E-state index in [9.17, 15) is 5.11 Å². The molecule has 3 aromatic carbocycles. The van der Waals surface area contributed by atoms with E-state index in [0.717, 1.165) is 45.4 Å². The summed E-state index contributed by atoms with van der Waals surface area (Å²) in [6.07, 6.45) is 5.07. The van der Waals surface area contributed by atoms with Gasteiger partial charge in [0.2, 0.25) is 0 Å². The predicted molar refractivity (Wildman–Crippen MR) is 124 cm³/mol. The maximum absolute atomic E-state index is 12.5. The fourth-order valence-corrected chi connectivity index (χ4v) is 5.47. The van der Waals surface area contributed by atoms with Gasteiger partial charge in [0.25, 0.3) is 0 Å². The Balaban J connectivity index is 1.71. The SMILES string of the molecule is OC1(c2ccccc2-c2ccccc2)C2=C(C(Br)CC=C2)n2c1nc1ccccc12. The number of nitrogens with zero attached hydrogens (tertiary/aromatic N) is 2. The van der Waals surface area contributed by atoms with Crippen LogP contribution in [0.25, 0.3) is 27.9 Å².